The quantitative estimate of drug-likeness (QED) is 0.598. The van der Waals surface area contributed by atoms with E-state index in [1.807, 2.05) is 54.7 Å². The van der Waals surface area contributed by atoms with E-state index in [9.17, 15) is 4.79 Å². The molecule has 0 spiro atoms. The van der Waals surface area contributed by atoms with E-state index in [1.165, 1.54) is 0 Å². The summed E-state index contributed by atoms with van der Waals surface area (Å²) >= 11 is 0. The third-order valence-electron chi connectivity index (χ3n) is 5.95. The van der Waals surface area contributed by atoms with E-state index < -0.39 is 0 Å². The van der Waals surface area contributed by atoms with Crippen molar-refractivity contribution < 1.29 is 14.3 Å². The van der Waals surface area contributed by atoms with Gasteiger partial charge in [0.2, 0.25) is 0 Å². The van der Waals surface area contributed by atoms with Crippen LogP contribution in [-0.4, -0.2) is 59.1 Å². The normalized spacial score (nSPS) is 15.0. The first-order valence-electron chi connectivity index (χ1n) is 10.9. The number of nitrogens with one attached hydrogen (secondary N) is 1. The van der Waals surface area contributed by atoms with E-state index in [1.54, 1.807) is 18.3 Å². The van der Waals surface area contributed by atoms with E-state index in [4.69, 9.17) is 14.7 Å². The number of imidazole rings is 1. The molecule has 4 rings (SSSR count). The molecule has 0 radical (unpaired) electrons. The zero-order valence-corrected chi connectivity index (χ0v) is 18.6. The Morgan fingerprint density at radius 2 is 1.91 bits per heavy atom. The summed E-state index contributed by atoms with van der Waals surface area (Å²) in [6.07, 6.45) is 4.01. The van der Waals surface area contributed by atoms with Gasteiger partial charge in [-0.3, -0.25) is 4.90 Å². The van der Waals surface area contributed by atoms with Crippen molar-refractivity contribution in [3.05, 3.63) is 83.4 Å². The highest BCUT2D eigenvalue weighted by Crippen LogP contribution is 2.25. The van der Waals surface area contributed by atoms with Crippen LogP contribution in [0.25, 0.3) is 0 Å². The second-order valence-corrected chi connectivity index (χ2v) is 7.93. The first-order valence-corrected chi connectivity index (χ1v) is 10.9. The summed E-state index contributed by atoms with van der Waals surface area (Å²) in [5, 5.41) is 9.04. The van der Waals surface area contributed by atoms with Crippen LogP contribution in [0.2, 0.25) is 0 Å². The molecule has 1 atom stereocenters. The largest absolute Gasteiger partial charge is 0.496 e. The summed E-state index contributed by atoms with van der Waals surface area (Å²) in [6.45, 7) is 2.80. The number of nitriles is 1. The van der Waals surface area contributed by atoms with Gasteiger partial charge in [-0.25, -0.2) is 9.78 Å². The predicted molar refractivity (Wildman–Crippen MR) is 123 cm³/mol. The van der Waals surface area contributed by atoms with Crippen molar-refractivity contribution in [3.8, 4) is 11.8 Å². The molecule has 0 bridgehead atoms. The molecule has 8 nitrogen and oxygen atoms in total. The lowest BCUT2D eigenvalue weighted by atomic mass is 10.0. The second kappa shape index (κ2) is 10.7. The number of aromatic nitrogens is 2. The number of H-pyrrole nitrogens is 1. The minimum absolute atomic E-state index is 0.104. The first kappa shape index (κ1) is 22.4. The van der Waals surface area contributed by atoms with Crippen LogP contribution in [0.1, 0.15) is 28.4 Å². The van der Waals surface area contributed by atoms with Gasteiger partial charge in [-0.05, 0) is 30.2 Å². The highest BCUT2D eigenvalue weighted by molar-refractivity contribution is 5.67. The number of hydrogen-bond acceptors (Lipinski definition) is 6. The number of methoxy groups -OCH3 is 1. The second-order valence-electron chi connectivity index (χ2n) is 7.93. The Bertz CT molecular complexity index is 1080. The molecule has 1 fully saturated rings. The number of nitrogens with zero attached hydrogens (tertiary/aromatic N) is 4. The van der Waals surface area contributed by atoms with Crippen LogP contribution < -0.4 is 4.74 Å². The molecule has 3 aromatic rings. The van der Waals surface area contributed by atoms with Gasteiger partial charge < -0.3 is 19.4 Å². The third-order valence-corrected chi connectivity index (χ3v) is 5.95. The molecule has 170 valence electrons. The lowest BCUT2D eigenvalue weighted by Crippen LogP contribution is -2.50. The molecular weight excluding hydrogens is 418 g/mol. The number of carbonyl (C=O) groups excluding carboxylic acids is 1. The monoisotopic (exact) mass is 445 g/mol. The number of amides is 1. The molecule has 0 aliphatic carbocycles. The van der Waals surface area contributed by atoms with Gasteiger partial charge in [0.15, 0.2) is 0 Å². The SMILES string of the molecule is COc1ccccc1COC(=O)N1CCN(C(Cc2ccc(C#N)cc2)c2cnc[nH]2)CC1. The fourth-order valence-corrected chi connectivity index (χ4v) is 4.09. The number of ether oxygens (including phenoxy) is 2. The van der Waals surface area contributed by atoms with E-state index in [-0.39, 0.29) is 18.7 Å². The van der Waals surface area contributed by atoms with Gasteiger partial charge in [-0.1, -0.05) is 30.3 Å². The fraction of sp³-hybridized carbons (Fsp3) is 0.320. The molecule has 2 aromatic carbocycles. The average Bonchev–Trinajstić information content (AvgIpc) is 3.41. The van der Waals surface area contributed by atoms with Crippen molar-refractivity contribution >= 4 is 6.09 Å². The van der Waals surface area contributed by atoms with E-state index in [2.05, 4.69) is 20.9 Å². The van der Waals surface area contributed by atoms with Crippen LogP contribution in [0.5, 0.6) is 5.75 Å². The van der Waals surface area contributed by atoms with Crippen LogP contribution in [-0.2, 0) is 17.8 Å². The Morgan fingerprint density at radius 1 is 1.15 bits per heavy atom. The Hall–Kier alpha value is -3.83. The molecule has 1 amide bonds. The molecule has 1 aromatic heterocycles. The number of carbonyl (C=O) groups is 1. The third kappa shape index (κ3) is 5.51. The van der Waals surface area contributed by atoms with Gasteiger partial charge in [0.05, 0.1) is 36.8 Å². The summed E-state index contributed by atoms with van der Waals surface area (Å²) in [7, 11) is 1.61. The van der Waals surface area contributed by atoms with Crippen molar-refractivity contribution in [2.75, 3.05) is 33.3 Å². The van der Waals surface area contributed by atoms with E-state index >= 15 is 0 Å². The Labute approximate surface area is 193 Å². The first-order chi connectivity index (χ1) is 16.2. The Kier molecular flexibility index (Phi) is 7.22. The molecule has 1 N–H and O–H groups in total. The number of para-hydroxylation sites is 1. The molecule has 1 saturated heterocycles. The van der Waals surface area contributed by atoms with Crippen molar-refractivity contribution in [1.82, 2.24) is 19.8 Å². The minimum atomic E-state index is -0.314. The van der Waals surface area contributed by atoms with Crippen molar-refractivity contribution in [3.63, 3.8) is 0 Å². The van der Waals surface area contributed by atoms with Gasteiger partial charge >= 0.3 is 6.09 Å². The number of benzene rings is 2. The van der Waals surface area contributed by atoms with Gasteiger partial charge in [-0.2, -0.15) is 5.26 Å². The maximum atomic E-state index is 12.6. The van der Waals surface area contributed by atoms with E-state index in [0.29, 0.717) is 24.4 Å². The number of aromatic amines is 1. The van der Waals surface area contributed by atoms with Crippen LogP contribution in [0, 0.1) is 11.3 Å². The molecule has 1 unspecified atom stereocenters. The van der Waals surface area contributed by atoms with E-state index in [0.717, 1.165) is 36.3 Å². The van der Waals surface area contributed by atoms with Crippen molar-refractivity contribution in [1.29, 1.82) is 5.26 Å². The minimum Gasteiger partial charge on any atom is -0.496 e. The maximum Gasteiger partial charge on any atom is 0.410 e. The number of rotatable bonds is 7. The van der Waals surface area contributed by atoms with Gasteiger partial charge in [-0.15, -0.1) is 0 Å². The predicted octanol–water partition coefficient (Wildman–Crippen LogP) is 3.53. The smallest absolute Gasteiger partial charge is 0.410 e. The van der Waals surface area contributed by atoms with Crippen LogP contribution in [0.3, 0.4) is 0 Å². The molecule has 33 heavy (non-hydrogen) atoms. The topological polar surface area (TPSA) is 94.5 Å². The van der Waals surface area contributed by atoms with Gasteiger partial charge in [0.1, 0.15) is 12.4 Å². The van der Waals surface area contributed by atoms with Crippen LogP contribution in [0.15, 0.2) is 61.1 Å². The molecule has 0 saturated carbocycles. The molecular formula is C25H27N5O3. The molecule has 1 aliphatic heterocycles. The molecule has 1 aliphatic rings. The highest BCUT2D eigenvalue weighted by Gasteiger charge is 2.28. The zero-order chi connectivity index (χ0) is 23.0. The van der Waals surface area contributed by atoms with Gasteiger partial charge in [0, 0.05) is 37.9 Å². The van der Waals surface area contributed by atoms with Gasteiger partial charge in [0.25, 0.3) is 0 Å². The molecule has 8 heteroatoms. The standard InChI is InChI=1S/C25H27N5O3/c1-32-24-5-3-2-4-21(24)17-33-25(31)30-12-10-29(11-13-30)23(22-16-27-18-28-22)14-19-6-8-20(15-26)9-7-19/h2-9,16,18,23H,10-14,17H2,1H3,(H,27,28). The van der Waals surface area contributed by atoms with Crippen LogP contribution >= 0.6 is 0 Å². The average molecular weight is 446 g/mol. The van der Waals surface area contributed by atoms with Crippen LogP contribution in [0.4, 0.5) is 4.79 Å². The summed E-state index contributed by atoms with van der Waals surface area (Å²) in [4.78, 5) is 24.2. The van der Waals surface area contributed by atoms with Crippen molar-refractivity contribution in [2.24, 2.45) is 0 Å². The zero-order valence-electron chi connectivity index (χ0n) is 18.6. The fourth-order valence-electron chi connectivity index (χ4n) is 4.09. The highest BCUT2D eigenvalue weighted by atomic mass is 16.6. The Morgan fingerprint density at radius 3 is 2.58 bits per heavy atom. The molecule has 2 heterocycles. The summed E-state index contributed by atoms with van der Waals surface area (Å²) in [6, 6.07) is 17.5. The summed E-state index contributed by atoms with van der Waals surface area (Å²) < 4.78 is 10.9. The summed E-state index contributed by atoms with van der Waals surface area (Å²) in [5.74, 6) is 0.709. The summed E-state index contributed by atoms with van der Waals surface area (Å²) in [5.41, 5.74) is 3.67. The number of piperazine rings is 1. The lowest BCUT2D eigenvalue weighted by Gasteiger charge is -2.38. The lowest BCUT2D eigenvalue weighted by molar-refractivity contribution is 0.0585. The maximum absolute atomic E-state index is 12.6. The number of hydrogen-bond donors (Lipinski definition) is 1. The Balaban J connectivity index is 1.36. The van der Waals surface area contributed by atoms with Crippen molar-refractivity contribution in [2.45, 2.75) is 19.1 Å².